The monoisotopic (exact) mass is 466 g/mol. The van der Waals surface area contributed by atoms with Gasteiger partial charge in [-0.1, -0.05) is 53.5 Å². The van der Waals surface area contributed by atoms with Crippen molar-refractivity contribution >= 4 is 40.9 Å². The molecule has 0 aliphatic carbocycles. The highest BCUT2D eigenvalue weighted by molar-refractivity contribution is 6.32. The van der Waals surface area contributed by atoms with E-state index in [0.717, 1.165) is 5.56 Å². The van der Waals surface area contributed by atoms with E-state index in [4.69, 9.17) is 32.7 Å². The Bertz CT molecular complexity index is 1150. The van der Waals surface area contributed by atoms with Crippen molar-refractivity contribution in [3.8, 4) is 17.6 Å². The summed E-state index contributed by atoms with van der Waals surface area (Å²) in [5.41, 5.74) is 1.98. The fourth-order valence-corrected chi connectivity index (χ4v) is 3.25. The highest BCUT2D eigenvalue weighted by Crippen LogP contribution is 2.38. The molecule has 162 valence electrons. The van der Waals surface area contributed by atoms with Gasteiger partial charge in [0.25, 0.3) is 5.91 Å². The Kier molecular flexibility index (Phi) is 8.15. The number of nitrogens with one attached hydrogen (secondary N) is 1. The second kappa shape index (κ2) is 11.2. The van der Waals surface area contributed by atoms with E-state index >= 15 is 0 Å². The van der Waals surface area contributed by atoms with Gasteiger partial charge in [0, 0.05) is 10.7 Å². The number of rotatable bonds is 8. The fourth-order valence-electron chi connectivity index (χ4n) is 2.85. The molecule has 0 fully saturated rings. The average molecular weight is 467 g/mol. The first-order chi connectivity index (χ1) is 15.5. The van der Waals surface area contributed by atoms with E-state index in [1.807, 2.05) is 31.2 Å². The maximum absolute atomic E-state index is 12.5. The van der Waals surface area contributed by atoms with Gasteiger partial charge in [-0.15, -0.1) is 0 Å². The van der Waals surface area contributed by atoms with Crippen LogP contribution in [-0.4, -0.2) is 12.5 Å². The molecule has 3 aromatic carbocycles. The number of para-hydroxylation sites is 1. The van der Waals surface area contributed by atoms with Crippen LogP contribution in [0.25, 0.3) is 6.08 Å². The maximum Gasteiger partial charge on any atom is 0.266 e. The van der Waals surface area contributed by atoms with Crippen molar-refractivity contribution in [2.24, 2.45) is 0 Å². The summed E-state index contributed by atoms with van der Waals surface area (Å²) < 4.78 is 11.6. The third-order valence-corrected chi connectivity index (χ3v) is 4.87. The summed E-state index contributed by atoms with van der Waals surface area (Å²) in [5.74, 6) is 0.282. The van der Waals surface area contributed by atoms with E-state index in [1.54, 1.807) is 48.5 Å². The van der Waals surface area contributed by atoms with Crippen LogP contribution in [0.1, 0.15) is 18.1 Å². The Hall–Kier alpha value is -3.46. The van der Waals surface area contributed by atoms with Gasteiger partial charge < -0.3 is 14.8 Å². The molecule has 32 heavy (non-hydrogen) atoms. The first-order valence-corrected chi connectivity index (χ1v) is 10.6. The van der Waals surface area contributed by atoms with Gasteiger partial charge in [-0.05, 0) is 60.5 Å². The average Bonchev–Trinajstić information content (AvgIpc) is 2.79. The third kappa shape index (κ3) is 6.27. The predicted molar refractivity (Wildman–Crippen MR) is 127 cm³/mol. The molecule has 0 atom stereocenters. The minimum absolute atomic E-state index is 0.0674. The molecule has 0 spiro atoms. The molecule has 3 rings (SSSR count). The van der Waals surface area contributed by atoms with E-state index in [0.29, 0.717) is 39.4 Å². The van der Waals surface area contributed by atoms with Crippen LogP contribution in [-0.2, 0) is 11.4 Å². The number of carbonyl (C=O) groups is 1. The Labute approximate surface area is 196 Å². The zero-order valence-electron chi connectivity index (χ0n) is 17.3. The van der Waals surface area contributed by atoms with Gasteiger partial charge in [-0.2, -0.15) is 5.26 Å². The highest BCUT2D eigenvalue weighted by Gasteiger charge is 2.15. The highest BCUT2D eigenvalue weighted by atomic mass is 35.5. The zero-order valence-corrected chi connectivity index (χ0v) is 18.8. The molecule has 1 N–H and O–H groups in total. The minimum Gasteiger partial charge on any atom is -0.490 e. The van der Waals surface area contributed by atoms with Crippen LogP contribution in [0.2, 0.25) is 10.0 Å². The number of halogens is 2. The molecule has 7 heteroatoms. The van der Waals surface area contributed by atoms with E-state index in [2.05, 4.69) is 5.32 Å². The van der Waals surface area contributed by atoms with Gasteiger partial charge in [-0.25, -0.2) is 0 Å². The molecule has 3 aromatic rings. The molecule has 1 amide bonds. The number of nitriles is 1. The lowest BCUT2D eigenvalue weighted by atomic mass is 10.1. The van der Waals surface area contributed by atoms with E-state index in [9.17, 15) is 10.1 Å². The first-order valence-electron chi connectivity index (χ1n) is 9.82. The molecule has 0 radical (unpaired) electrons. The molecule has 0 aliphatic rings. The number of hydrogen-bond donors (Lipinski definition) is 1. The maximum atomic E-state index is 12.5. The van der Waals surface area contributed by atoms with Crippen molar-refractivity contribution in [3.63, 3.8) is 0 Å². The molecule has 0 aromatic heterocycles. The third-order valence-electron chi connectivity index (χ3n) is 4.34. The first kappa shape index (κ1) is 23.2. The summed E-state index contributed by atoms with van der Waals surface area (Å²) in [7, 11) is 0. The van der Waals surface area contributed by atoms with Crippen molar-refractivity contribution < 1.29 is 14.3 Å². The number of hydrogen-bond acceptors (Lipinski definition) is 4. The Morgan fingerprint density at radius 1 is 1.06 bits per heavy atom. The molecule has 5 nitrogen and oxygen atoms in total. The quantitative estimate of drug-likeness (QED) is 0.303. The van der Waals surface area contributed by atoms with Crippen molar-refractivity contribution in [2.75, 3.05) is 11.9 Å². The van der Waals surface area contributed by atoms with Gasteiger partial charge >= 0.3 is 0 Å². The molecular weight excluding hydrogens is 447 g/mol. The number of amides is 1. The molecule has 0 aliphatic heterocycles. The van der Waals surface area contributed by atoms with Crippen LogP contribution in [0, 0.1) is 11.3 Å². The summed E-state index contributed by atoms with van der Waals surface area (Å²) >= 11 is 12.4. The lowest BCUT2D eigenvalue weighted by Crippen LogP contribution is -2.13. The van der Waals surface area contributed by atoms with Crippen LogP contribution in [0.5, 0.6) is 11.5 Å². The van der Waals surface area contributed by atoms with Crippen LogP contribution in [0.3, 0.4) is 0 Å². The number of carbonyl (C=O) groups excluding carboxylic acids is 1. The summed E-state index contributed by atoms with van der Waals surface area (Å²) in [6, 6.07) is 21.4. The van der Waals surface area contributed by atoms with Gasteiger partial charge in [0.15, 0.2) is 11.5 Å². The molecular formula is C25H20Cl2N2O3. The van der Waals surface area contributed by atoms with E-state index in [1.165, 1.54) is 6.08 Å². The predicted octanol–water partition coefficient (Wildman–Crippen LogP) is 6.52. The van der Waals surface area contributed by atoms with Crippen molar-refractivity contribution in [3.05, 3.63) is 93.5 Å². The molecule has 0 saturated heterocycles. The van der Waals surface area contributed by atoms with Crippen molar-refractivity contribution in [1.82, 2.24) is 0 Å². The van der Waals surface area contributed by atoms with Gasteiger partial charge in [0.05, 0.1) is 11.6 Å². The molecule has 0 heterocycles. The van der Waals surface area contributed by atoms with Gasteiger partial charge in [0.2, 0.25) is 0 Å². The minimum atomic E-state index is -0.518. The van der Waals surface area contributed by atoms with Crippen LogP contribution in [0.15, 0.2) is 72.3 Å². The van der Waals surface area contributed by atoms with Gasteiger partial charge in [0.1, 0.15) is 18.2 Å². The second-order valence-electron chi connectivity index (χ2n) is 6.67. The number of nitrogens with zero attached hydrogens (tertiary/aromatic N) is 1. The van der Waals surface area contributed by atoms with Crippen molar-refractivity contribution in [1.29, 1.82) is 5.26 Å². The largest absolute Gasteiger partial charge is 0.490 e. The SMILES string of the molecule is CCOc1cc(/C=C(\C#N)C(=O)Nc2ccccc2)cc(Cl)c1OCc1ccc(Cl)cc1. The van der Waals surface area contributed by atoms with Crippen LogP contribution in [0.4, 0.5) is 5.69 Å². The summed E-state index contributed by atoms with van der Waals surface area (Å²) in [4.78, 5) is 12.5. The van der Waals surface area contributed by atoms with Crippen molar-refractivity contribution in [2.45, 2.75) is 13.5 Å². The molecule has 0 bridgehead atoms. The summed E-state index contributed by atoms with van der Waals surface area (Å²) in [5, 5.41) is 13.1. The lowest BCUT2D eigenvalue weighted by molar-refractivity contribution is -0.112. The summed E-state index contributed by atoms with van der Waals surface area (Å²) in [6.07, 6.45) is 1.45. The number of benzene rings is 3. The van der Waals surface area contributed by atoms with Gasteiger partial charge in [-0.3, -0.25) is 4.79 Å². The second-order valence-corrected chi connectivity index (χ2v) is 7.51. The zero-order chi connectivity index (χ0) is 22.9. The van der Waals surface area contributed by atoms with Crippen LogP contribution >= 0.6 is 23.2 Å². The topological polar surface area (TPSA) is 71.3 Å². The Morgan fingerprint density at radius 2 is 1.78 bits per heavy atom. The normalized spacial score (nSPS) is 10.9. The number of ether oxygens (including phenoxy) is 2. The van der Waals surface area contributed by atoms with E-state index < -0.39 is 5.91 Å². The Morgan fingerprint density at radius 3 is 2.44 bits per heavy atom. The molecule has 0 unspecified atom stereocenters. The fraction of sp³-hybridized carbons (Fsp3) is 0.120. The standard InChI is InChI=1S/C25H20Cl2N2O3/c1-2-31-23-14-18(12-19(15-28)25(30)29-21-6-4-3-5-7-21)13-22(27)24(23)32-16-17-8-10-20(26)11-9-17/h3-14H,2,16H2,1H3,(H,29,30)/b19-12+. The Balaban J connectivity index is 1.84. The smallest absolute Gasteiger partial charge is 0.266 e. The van der Waals surface area contributed by atoms with E-state index in [-0.39, 0.29) is 12.2 Å². The number of anilines is 1. The molecule has 0 saturated carbocycles. The van der Waals surface area contributed by atoms with Crippen LogP contribution < -0.4 is 14.8 Å². The lowest BCUT2D eigenvalue weighted by Gasteiger charge is -2.15. The summed E-state index contributed by atoms with van der Waals surface area (Å²) in [6.45, 7) is 2.50.